The third kappa shape index (κ3) is 5.08. The van der Waals surface area contributed by atoms with E-state index in [1.807, 2.05) is 0 Å². The molecule has 3 heteroatoms. The smallest absolute Gasteiger partial charge is 0.223 e. The maximum absolute atomic E-state index is 12.3. The summed E-state index contributed by atoms with van der Waals surface area (Å²) in [4.78, 5) is 12.3. The highest BCUT2D eigenvalue weighted by molar-refractivity contribution is 5.78. The number of rotatable bonds is 6. The Morgan fingerprint density at radius 1 is 1.15 bits per heavy atom. The minimum absolute atomic E-state index is 0.0984. The van der Waals surface area contributed by atoms with Crippen LogP contribution in [-0.4, -0.2) is 18.5 Å². The summed E-state index contributed by atoms with van der Waals surface area (Å²) in [6.07, 6.45) is 4.45. The Morgan fingerprint density at radius 2 is 1.75 bits per heavy atom. The van der Waals surface area contributed by atoms with Crippen LogP contribution in [0.25, 0.3) is 0 Å². The van der Waals surface area contributed by atoms with Crippen LogP contribution >= 0.6 is 0 Å². The minimum atomic E-state index is 0.0984. The predicted octanol–water partition coefficient (Wildman–Crippen LogP) is 3.18. The van der Waals surface area contributed by atoms with Gasteiger partial charge in [0.15, 0.2) is 0 Å². The van der Waals surface area contributed by atoms with E-state index in [4.69, 9.17) is 5.73 Å². The molecule has 3 nitrogen and oxygen atoms in total. The van der Waals surface area contributed by atoms with Crippen LogP contribution in [0.1, 0.15) is 60.3 Å². The van der Waals surface area contributed by atoms with Crippen molar-refractivity contribution in [2.24, 2.45) is 35.3 Å². The molecule has 1 fully saturated rings. The fourth-order valence-corrected chi connectivity index (χ4v) is 3.56. The molecule has 0 aromatic carbocycles. The first-order valence-corrected chi connectivity index (χ1v) is 8.36. The summed E-state index contributed by atoms with van der Waals surface area (Å²) in [7, 11) is 0. The fourth-order valence-electron chi connectivity index (χ4n) is 3.56. The zero-order chi connectivity index (χ0) is 15.3. The Kier molecular flexibility index (Phi) is 7.01. The fraction of sp³-hybridized carbons (Fsp3) is 0.941. The van der Waals surface area contributed by atoms with Crippen molar-refractivity contribution in [1.29, 1.82) is 0 Å². The van der Waals surface area contributed by atoms with Crippen molar-refractivity contribution in [2.75, 3.05) is 6.54 Å². The number of hydrogen-bond donors (Lipinski definition) is 2. The highest BCUT2D eigenvalue weighted by atomic mass is 16.1. The summed E-state index contributed by atoms with van der Waals surface area (Å²) in [5.41, 5.74) is 6.03. The number of carbonyl (C=O) groups excluding carboxylic acids is 1. The Balaban J connectivity index is 2.45. The molecule has 0 aromatic heterocycles. The SMILES string of the molecule is CC(C)C(CNC(=O)C(C)C1CCCC(N)C1)C(C)C. The molecule has 0 aliphatic heterocycles. The maximum Gasteiger partial charge on any atom is 0.223 e. The summed E-state index contributed by atoms with van der Waals surface area (Å²) in [6, 6.07) is 0.295. The molecule has 118 valence electrons. The molecule has 1 aliphatic rings. The maximum atomic E-state index is 12.3. The first-order valence-electron chi connectivity index (χ1n) is 8.36. The van der Waals surface area contributed by atoms with Crippen molar-refractivity contribution < 1.29 is 4.79 Å². The second-order valence-electron chi connectivity index (χ2n) is 7.37. The molecule has 1 saturated carbocycles. The standard InChI is InChI=1S/C17H34N2O/c1-11(2)16(12(3)4)10-19-17(20)13(5)14-7-6-8-15(18)9-14/h11-16H,6-10,18H2,1-5H3,(H,19,20). The quantitative estimate of drug-likeness (QED) is 0.786. The zero-order valence-electron chi connectivity index (χ0n) is 14.0. The lowest BCUT2D eigenvalue weighted by Crippen LogP contribution is -2.41. The molecule has 0 heterocycles. The molecule has 0 aromatic rings. The van der Waals surface area contributed by atoms with E-state index >= 15 is 0 Å². The molecule has 0 saturated heterocycles. The van der Waals surface area contributed by atoms with Gasteiger partial charge in [0.2, 0.25) is 5.91 Å². The number of nitrogens with two attached hydrogens (primary N) is 1. The van der Waals surface area contributed by atoms with Gasteiger partial charge in [0.1, 0.15) is 0 Å². The van der Waals surface area contributed by atoms with Gasteiger partial charge in [-0.15, -0.1) is 0 Å². The van der Waals surface area contributed by atoms with Crippen LogP contribution < -0.4 is 11.1 Å². The molecular formula is C17H34N2O. The molecule has 3 N–H and O–H groups in total. The van der Waals surface area contributed by atoms with Gasteiger partial charge in [-0.05, 0) is 42.9 Å². The van der Waals surface area contributed by atoms with E-state index in [0.29, 0.717) is 29.7 Å². The largest absolute Gasteiger partial charge is 0.356 e. The van der Waals surface area contributed by atoms with Gasteiger partial charge >= 0.3 is 0 Å². The zero-order valence-corrected chi connectivity index (χ0v) is 14.0. The Labute approximate surface area is 125 Å². The lowest BCUT2D eigenvalue weighted by Gasteiger charge is -2.31. The number of carbonyl (C=O) groups is 1. The molecule has 1 rings (SSSR count). The second-order valence-corrected chi connectivity index (χ2v) is 7.37. The molecule has 1 amide bonds. The number of amides is 1. The Hall–Kier alpha value is -0.570. The summed E-state index contributed by atoms with van der Waals surface area (Å²) in [5, 5.41) is 3.18. The summed E-state index contributed by atoms with van der Waals surface area (Å²) in [6.45, 7) is 11.8. The van der Waals surface area contributed by atoms with Gasteiger partial charge < -0.3 is 11.1 Å². The molecular weight excluding hydrogens is 248 g/mol. The molecule has 20 heavy (non-hydrogen) atoms. The topological polar surface area (TPSA) is 55.1 Å². The van der Waals surface area contributed by atoms with Crippen molar-refractivity contribution in [3.63, 3.8) is 0 Å². The van der Waals surface area contributed by atoms with Gasteiger partial charge in [-0.25, -0.2) is 0 Å². The third-order valence-corrected chi connectivity index (χ3v) is 5.10. The lowest BCUT2D eigenvalue weighted by molar-refractivity contribution is -0.126. The molecule has 0 spiro atoms. The molecule has 0 radical (unpaired) electrons. The second kappa shape index (κ2) is 8.02. The van der Waals surface area contributed by atoms with Crippen LogP contribution in [0.2, 0.25) is 0 Å². The van der Waals surface area contributed by atoms with E-state index < -0.39 is 0 Å². The van der Waals surface area contributed by atoms with E-state index in [9.17, 15) is 4.79 Å². The number of nitrogens with one attached hydrogen (secondary N) is 1. The normalized spacial score (nSPS) is 25.2. The van der Waals surface area contributed by atoms with Crippen LogP contribution in [-0.2, 0) is 4.79 Å². The first-order chi connectivity index (χ1) is 9.32. The van der Waals surface area contributed by atoms with E-state index in [1.165, 1.54) is 6.42 Å². The van der Waals surface area contributed by atoms with E-state index in [-0.39, 0.29) is 11.8 Å². The lowest BCUT2D eigenvalue weighted by atomic mass is 9.78. The summed E-state index contributed by atoms with van der Waals surface area (Å²) < 4.78 is 0. The molecule has 0 bridgehead atoms. The van der Waals surface area contributed by atoms with Crippen LogP contribution in [0.5, 0.6) is 0 Å². The summed E-state index contributed by atoms with van der Waals surface area (Å²) in [5.74, 6) is 2.55. The van der Waals surface area contributed by atoms with E-state index in [2.05, 4.69) is 39.9 Å². The van der Waals surface area contributed by atoms with Crippen LogP contribution in [0.3, 0.4) is 0 Å². The Bertz CT molecular complexity index is 293. The molecule has 3 unspecified atom stereocenters. The first kappa shape index (κ1) is 17.5. The van der Waals surface area contributed by atoms with Crippen LogP contribution in [0, 0.1) is 29.6 Å². The minimum Gasteiger partial charge on any atom is -0.356 e. The van der Waals surface area contributed by atoms with Crippen molar-refractivity contribution >= 4 is 5.91 Å². The van der Waals surface area contributed by atoms with Gasteiger partial charge in [-0.3, -0.25) is 4.79 Å². The number of hydrogen-bond acceptors (Lipinski definition) is 2. The van der Waals surface area contributed by atoms with E-state index in [0.717, 1.165) is 25.8 Å². The third-order valence-electron chi connectivity index (χ3n) is 5.10. The highest BCUT2D eigenvalue weighted by Gasteiger charge is 2.29. The van der Waals surface area contributed by atoms with Crippen LogP contribution in [0.4, 0.5) is 0 Å². The van der Waals surface area contributed by atoms with Crippen molar-refractivity contribution in [1.82, 2.24) is 5.32 Å². The summed E-state index contributed by atoms with van der Waals surface area (Å²) >= 11 is 0. The van der Waals surface area contributed by atoms with Gasteiger partial charge in [-0.2, -0.15) is 0 Å². The van der Waals surface area contributed by atoms with Gasteiger partial charge in [0.05, 0.1) is 0 Å². The van der Waals surface area contributed by atoms with Crippen molar-refractivity contribution in [3.8, 4) is 0 Å². The van der Waals surface area contributed by atoms with Gasteiger partial charge in [0.25, 0.3) is 0 Å². The van der Waals surface area contributed by atoms with Gasteiger partial charge in [0, 0.05) is 18.5 Å². The van der Waals surface area contributed by atoms with Crippen molar-refractivity contribution in [3.05, 3.63) is 0 Å². The average molecular weight is 282 g/mol. The monoisotopic (exact) mass is 282 g/mol. The van der Waals surface area contributed by atoms with Crippen LogP contribution in [0.15, 0.2) is 0 Å². The predicted molar refractivity (Wildman–Crippen MR) is 85.3 cm³/mol. The van der Waals surface area contributed by atoms with E-state index in [1.54, 1.807) is 0 Å². The molecule has 1 aliphatic carbocycles. The Morgan fingerprint density at radius 3 is 2.25 bits per heavy atom. The molecule has 3 atom stereocenters. The average Bonchev–Trinajstić information content (AvgIpc) is 2.37. The van der Waals surface area contributed by atoms with Crippen molar-refractivity contribution in [2.45, 2.75) is 66.3 Å². The van der Waals surface area contributed by atoms with Gasteiger partial charge in [-0.1, -0.05) is 41.0 Å². The highest BCUT2D eigenvalue weighted by Crippen LogP contribution is 2.29.